The van der Waals surface area contributed by atoms with Gasteiger partial charge in [0.25, 0.3) is 0 Å². The van der Waals surface area contributed by atoms with Crippen molar-refractivity contribution in [2.24, 2.45) is 0 Å². The fourth-order valence-electron chi connectivity index (χ4n) is 3.27. The number of carbonyl (C=O) groups excluding carboxylic acids is 2. The van der Waals surface area contributed by atoms with Gasteiger partial charge in [0.05, 0.1) is 10.8 Å². The van der Waals surface area contributed by atoms with Crippen molar-refractivity contribution in [1.29, 1.82) is 5.26 Å². The number of aromatic nitrogens is 1. The number of nitrogens with one attached hydrogen (secondary N) is 2. The lowest BCUT2D eigenvalue weighted by atomic mass is 10.1. The highest BCUT2D eigenvalue weighted by Crippen LogP contribution is 2.30. The monoisotopic (exact) mass is 408 g/mol. The van der Waals surface area contributed by atoms with Crippen LogP contribution in [0.4, 0.5) is 11.4 Å². The number of pyridine rings is 1. The molecule has 7 heteroatoms. The van der Waals surface area contributed by atoms with Crippen molar-refractivity contribution in [1.82, 2.24) is 4.98 Å². The summed E-state index contributed by atoms with van der Waals surface area (Å²) in [6.07, 6.45) is 5.31. The smallest absolute Gasteiger partial charge is 0.237 e. The van der Waals surface area contributed by atoms with Gasteiger partial charge < -0.3 is 10.6 Å². The van der Waals surface area contributed by atoms with Crippen LogP contribution in [0, 0.1) is 11.3 Å². The molecule has 6 nitrogen and oxygen atoms in total. The van der Waals surface area contributed by atoms with E-state index >= 15 is 0 Å². The van der Waals surface area contributed by atoms with Crippen LogP contribution in [-0.2, 0) is 22.4 Å². The highest BCUT2D eigenvalue weighted by atomic mass is 32.2. The van der Waals surface area contributed by atoms with Gasteiger partial charge in [0.1, 0.15) is 11.1 Å². The van der Waals surface area contributed by atoms with Crippen LogP contribution in [0.3, 0.4) is 0 Å². The largest absolute Gasteiger partial charge is 0.326 e. The van der Waals surface area contributed by atoms with Gasteiger partial charge in [-0.15, -0.1) is 0 Å². The summed E-state index contributed by atoms with van der Waals surface area (Å²) in [6.45, 7) is 3.25. The summed E-state index contributed by atoms with van der Waals surface area (Å²) in [5.41, 5.74) is 4.08. The van der Waals surface area contributed by atoms with Crippen molar-refractivity contribution in [3.8, 4) is 6.07 Å². The first-order valence-corrected chi connectivity index (χ1v) is 10.6. The van der Waals surface area contributed by atoms with E-state index in [2.05, 4.69) is 16.7 Å². The van der Waals surface area contributed by atoms with Crippen LogP contribution < -0.4 is 10.6 Å². The molecule has 2 aromatic rings. The number of hydrogen-bond acceptors (Lipinski definition) is 5. The normalized spacial score (nSPS) is 14.1. The first-order chi connectivity index (χ1) is 14.0. The molecule has 29 heavy (non-hydrogen) atoms. The van der Waals surface area contributed by atoms with E-state index in [1.807, 2.05) is 6.07 Å². The SMILES string of the molecule is CC(=O)Nc1ccc(NC(=O)C(C)Sc2nc3c(cc2C#N)CCCCC3)cc1. The second-order valence-corrected chi connectivity index (χ2v) is 8.46. The van der Waals surface area contributed by atoms with Crippen molar-refractivity contribution >= 4 is 35.0 Å². The van der Waals surface area contributed by atoms with E-state index in [1.54, 1.807) is 31.2 Å². The molecule has 0 radical (unpaired) electrons. The molecule has 0 saturated carbocycles. The number of carbonyl (C=O) groups is 2. The van der Waals surface area contributed by atoms with Crippen LogP contribution in [-0.4, -0.2) is 22.0 Å². The lowest BCUT2D eigenvalue weighted by Gasteiger charge is -2.14. The van der Waals surface area contributed by atoms with Crippen LogP contribution in [0.1, 0.15) is 49.9 Å². The minimum atomic E-state index is -0.409. The third kappa shape index (κ3) is 5.58. The van der Waals surface area contributed by atoms with E-state index in [-0.39, 0.29) is 11.8 Å². The van der Waals surface area contributed by atoms with Crippen LogP contribution in [0.15, 0.2) is 35.4 Å². The van der Waals surface area contributed by atoms with E-state index in [0.717, 1.165) is 31.4 Å². The zero-order valence-corrected chi connectivity index (χ0v) is 17.4. The average molecular weight is 409 g/mol. The lowest BCUT2D eigenvalue weighted by molar-refractivity contribution is -0.115. The number of fused-ring (bicyclic) bond motifs is 1. The second kappa shape index (κ2) is 9.57. The number of aryl methyl sites for hydroxylation is 2. The first-order valence-electron chi connectivity index (χ1n) is 9.74. The molecule has 0 saturated heterocycles. The molecule has 1 aliphatic carbocycles. The Morgan fingerprint density at radius 3 is 2.41 bits per heavy atom. The highest BCUT2D eigenvalue weighted by Gasteiger charge is 2.20. The Labute approximate surface area is 175 Å². The Hall–Kier alpha value is -2.85. The molecule has 1 aliphatic rings. The molecule has 1 unspecified atom stereocenters. The number of amides is 2. The number of thioether (sulfide) groups is 1. The van der Waals surface area contributed by atoms with Crippen molar-refractivity contribution in [3.05, 3.63) is 47.2 Å². The summed E-state index contributed by atoms with van der Waals surface area (Å²) in [5.74, 6) is -0.309. The van der Waals surface area contributed by atoms with Gasteiger partial charge in [0.2, 0.25) is 11.8 Å². The molecule has 1 heterocycles. The zero-order valence-electron chi connectivity index (χ0n) is 16.6. The Kier molecular flexibility index (Phi) is 6.89. The third-order valence-electron chi connectivity index (χ3n) is 4.77. The fraction of sp³-hybridized carbons (Fsp3) is 0.364. The summed E-state index contributed by atoms with van der Waals surface area (Å²) >= 11 is 1.31. The van der Waals surface area contributed by atoms with Gasteiger partial charge >= 0.3 is 0 Å². The summed E-state index contributed by atoms with van der Waals surface area (Å²) in [5, 5.41) is 15.3. The van der Waals surface area contributed by atoms with Crippen molar-refractivity contribution < 1.29 is 9.59 Å². The molecule has 2 N–H and O–H groups in total. The first kappa shape index (κ1) is 20.9. The van der Waals surface area contributed by atoms with Gasteiger partial charge in [-0.1, -0.05) is 18.2 Å². The van der Waals surface area contributed by atoms with Gasteiger partial charge in [-0.25, -0.2) is 4.98 Å². The Balaban J connectivity index is 1.68. The van der Waals surface area contributed by atoms with Crippen molar-refractivity contribution in [3.63, 3.8) is 0 Å². The number of nitrogens with zero attached hydrogens (tertiary/aromatic N) is 2. The lowest BCUT2D eigenvalue weighted by Crippen LogP contribution is -2.22. The minimum Gasteiger partial charge on any atom is -0.326 e. The van der Waals surface area contributed by atoms with Gasteiger partial charge in [0.15, 0.2) is 0 Å². The number of nitriles is 1. The molecular formula is C22H24N4O2S. The van der Waals surface area contributed by atoms with Crippen LogP contribution in [0.25, 0.3) is 0 Å². The Morgan fingerprint density at radius 2 is 1.76 bits per heavy atom. The maximum Gasteiger partial charge on any atom is 0.237 e. The quantitative estimate of drug-likeness (QED) is 0.568. The molecule has 1 aromatic carbocycles. The van der Waals surface area contributed by atoms with E-state index in [0.29, 0.717) is 22.0 Å². The predicted molar refractivity (Wildman–Crippen MR) is 115 cm³/mol. The molecule has 2 amide bonds. The van der Waals surface area contributed by atoms with E-state index in [9.17, 15) is 14.9 Å². The molecule has 150 valence electrons. The van der Waals surface area contributed by atoms with Crippen LogP contribution in [0.5, 0.6) is 0 Å². The van der Waals surface area contributed by atoms with Crippen LogP contribution in [0.2, 0.25) is 0 Å². The topological polar surface area (TPSA) is 94.9 Å². The van der Waals surface area contributed by atoms with Crippen molar-refractivity contribution in [2.75, 3.05) is 10.6 Å². The molecular weight excluding hydrogens is 384 g/mol. The summed E-state index contributed by atoms with van der Waals surface area (Å²) in [4.78, 5) is 28.4. The standard InChI is InChI=1S/C22H24N4O2S/c1-14(21(28)25-19-10-8-18(9-11-19)24-15(2)27)29-22-17(13-23)12-16-6-4-3-5-7-20(16)26-22/h8-12,14H,3-7H2,1-2H3,(H,24,27)(H,25,28). The average Bonchev–Trinajstić information content (AvgIpc) is 2.93. The molecule has 1 atom stereocenters. The molecule has 3 rings (SSSR count). The number of hydrogen-bond donors (Lipinski definition) is 2. The van der Waals surface area contributed by atoms with Crippen molar-refractivity contribution in [2.45, 2.75) is 56.2 Å². The van der Waals surface area contributed by atoms with E-state index in [1.165, 1.54) is 30.7 Å². The summed E-state index contributed by atoms with van der Waals surface area (Å²) in [7, 11) is 0. The molecule has 0 spiro atoms. The van der Waals surface area contributed by atoms with Gasteiger partial charge in [0, 0.05) is 24.0 Å². The highest BCUT2D eigenvalue weighted by molar-refractivity contribution is 8.00. The van der Waals surface area contributed by atoms with Gasteiger partial charge in [-0.3, -0.25) is 9.59 Å². The second-order valence-electron chi connectivity index (χ2n) is 7.13. The zero-order chi connectivity index (χ0) is 20.8. The third-order valence-corrected chi connectivity index (χ3v) is 5.87. The summed E-state index contributed by atoms with van der Waals surface area (Å²) in [6, 6.07) is 11.1. The Morgan fingerprint density at radius 1 is 1.10 bits per heavy atom. The minimum absolute atomic E-state index is 0.145. The van der Waals surface area contributed by atoms with Gasteiger partial charge in [-0.2, -0.15) is 5.26 Å². The van der Waals surface area contributed by atoms with Crippen LogP contribution >= 0.6 is 11.8 Å². The molecule has 0 fully saturated rings. The number of anilines is 2. The van der Waals surface area contributed by atoms with E-state index in [4.69, 9.17) is 4.98 Å². The summed E-state index contributed by atoms with van der Waals surface area (Å²) < 4.78 is 0. The maximum atomic E-state index is 12.6. The van der Waals surface area contributed by atoms with Gasteiger partial charge in [-0.05, 0) is 68.5 Å². The maximum absolute atomic E-state index is 12.6. The fourth-order valence-corrected chi connectivity index (χ4v) is 4.16. The molecule has 1 aromatic heterocycles. The van der Waals surface area contributed by atoms with E-state index < -0.39 is 5.25 Å². The number of benzene rings is 1. The predicted octanol–water partition coefficient (Wildman–Crippen LogP) is 4.30. The Bertz CT molecular complexity index is 951. The number of rotatable bonds is 5. The molecule has 0 aliphatic heterocycles. The molecule has 0 bridgehead atoms.